The van der Waals surface area contributed by atoms with Crippen LogP contribution in [0.25, 0.3) is 22.4 Å². The predicted molar refractivity (Wildman–Crippen MR) is 145 cm³/mol. The number of allylic oxidation sites excluding steroid dienone is 1. The summed E-state index contributed by atoms with van der Waals surface area (Å²) in [5, 5.41) is 2.48. The molecule has 34 heavy (non-hydrogen) atoms. The van der Waals surface area contributed by atoms with Crippen molar-refractivity contribution in [1.82, 2.24) is 0 Å². The van der Waals surface area contributed by atoms with E-state index in [4.69, 9.17) is 4.74 Å². The van der Waals surface area contributed by atoms with E-state index >= 15 is 0 Å². The second-order valence-corrected chi connectivity index (χ2v) is 8.35. The topological polar surface area (TPSA) is 12.5 Å². The zero-order chi connectivity index (χ0) is 23.3. The number of rotatable bonds is 6. The summed E-state index contributed by atoms with van der Waals surface area (Å²) in [5.41, 5.74) is 6.98. The highest BCUT2D eigenvalue weighted by molar-refractivity contribution is 5.89. The third-order valence-corrected chi connectivity index (χ3v) is 6.09. The minimum atomic E-state index is 0.869. The van der Waals surface area contributed by atoms with Crippen molar-refractivity contribution in [2.24, 2.45) is 0 Å². The van der Waals surface area contributed by atoms with E-state index in [0.29, 0.717) is 0 Å². The second-order valence-electron chi connectivity index (χ2n) is 8.35. The third-order valence-electron chi connectivity index (χ3n) is 6.09. The molecule has 166 valence electrons. The first-order valence-electron chi connectivity index (χ1n) is 11.5. The highest BCUT2D eigenvalue weighted by atomic mass is 16.5. The fourth-order valence-corrected chi connectivity index (χ4v) is 4.25. The lowest BCUT2D eigenvalue weighted by Crippen LogP contribution is -2.09. The first-order chi connectivity index (χ1) is 16.7. The molecule has 0 bridgehead atoms. The van der Waals surface area contributed by atoms with Crippen LogP contribution in [0.1, 0.15) is 18.1 Å². The molecule has 0 heterocycles. The first-order valence-corrected chi connectivity index (χ1v) is 11.5. The number of methoxy groups -OCH3 is 1. The van der Waals surface area contributed by atoms with Crippen molar-refractivity contribution in [2.45, 2.75) is 6.92 Å². The van der Waals surface area contributed by atoms with Crippen LogP contribution < -0.4 is 9.64 Å². The molecule has 0 aromatic heterocycles. The van der Waals surface area contributed by atoms with Gasteiger partial charge in [-0.05, 0) is 82.9 Å². The van der Waals surface area contributed by atoms with E-state index in [-0.39, 0.29) is 0 Å². The molecule has 0 aliphatic heterocycles. The van der Waals surface area contributed by atoms with E-state index < -0.39 is 0 Å². The van der Waals surface area contributed by atoms with Gasteiger partial charge in [-0.15, -0.1) is 0 Å². The van der Waals surface area contributed by atoms with E-state index in [1.165, 1.54) is 21.9 Å². The summed E-state index contributed by atoms with van der Waals surface area (Å²) >= 11 is 0. The number of para-hydroxylation sites is 1. The van der Waals surface area contributed by atoms with Gasteiger partial charge in [0.25, 0.3) is 0 Å². The monoisotopic (exact) mass is 441 g/mol. The van der Waals surface area contributed by atoms with Crippen molar-refractivity contribution in [3.63, 3.8) is 0 Å². The highest BCUT2D eigenvalue weighted by Gasteiger charge is 2.13. The Hall–Kier alpha value is -4.30. The van der Waals surface area contributed by atoms with Crippen LogP contribution in [0.15, 0.2) is 121 Å². The van der Waals surface area contributed by atoms with Crippen molar-refractivity contribution in [3.05, 3.63) is 132 Å². The molecule has 2 heteroatoms. The zero-order valence-corrected chi connectivity index (χ0v) is 19.5. The maximum Gasteiger partial charge on any atom is 0.118 e. The predicted octanol–water partition coefficient (Wildman–Crippen LogP) is 8.88. The Morgan fingerprint density at radius 2 is 1.24 bits per heavy atom. The van der Waals surface area contributed by atoms with Gasteiger partial charge in [-0.25, -0.2) is 0 Å². The van der Waals surface area contributed by atoms with E-state index in [9.17, 15) is 0 Å². The molecule has 0 atom stereocenters. The molecule has 5 aromatic carbocycles. The SMILES string of the molecule is COc1ccc(/C=C(/C)c2ccc(N(c3ccccc3)c3ccc4ccccc4c3)cc2)cc1. The molecular formula is C32H27NO. The molecule has 5 rings (SSSR count). The number of benzene rings is 5. The minimum absolute atomic E-state index is 0.869. The van der Waals surface area contributed by atoms with Gasteiger partial charge in [0.1, 0.15) is 5.75 Å². The van der Waals surface area contributed by atoms with Crippen LogP contribution in [0, 0.1) is 0 Å². The van der Waals surface area contributed by atoms with Crippen LogP contribution in [0.3, 0.4) is 0 Å². The Morgan fingerprint density at radius 1 is 0.618 bits per heavy atom. The van der Waals surface area contributed by atoms with Gasteiger partial charge < -0.3 is 9.64 Å². The summed E-state index contributed by atoms with van der Waals surface area (Å²) in [6.45, 7) is 2.15. The molecule has 0 radical (unpaired) electrons. The Kier molecular flexibility index (Phi) is 6.13. The largest absolute Gasteiger partial charge is 0.497 e. The number of fused-ring (bicyclic) bond motifs is 1. The van der Waals surface area contributed by atoms with E-state index in [2.05, 4.69) is 127 Å². The molecule has 0 fully saturated rings. The van der Waals surface area contributed by atoms with Gasteiger partial charge in [0.15, 0.2) is 0 Å². The fraction of sp³-hybridized carbons (Fsp3) is 0.0625. The van der Waals surface area contributed by atoms with Crippen LogP contribution in [0.4, 0.5) is 17.1 Å². The summed E-state index contributed by atoms with van der Waals surface area (Å²) in [6.07, 6.45) is 2.20. The van der Waals surface area contributed by atoms with Crippen molar-refractivity contribution in [1.29, 1.82) is 0 Å². The Morgan fingerprint density at radius 3 is 1.94 bits per heavy atom. The van der Waals surface area contributed by atoms with Crippen LogP contribution in [-0.4, -0.2) is 7.11 Å². The van der Waals surface area contributed by atoms with Crippen molar-refractivity contribution in [3.8, 4) is 5.75 Å². The summed E-state index contributed by atoms with van der Waals surface area (Å²) in [4.78, 5) is 2.30. The Labute approximate surface area is 201 Å². The molecule has 0 unspecified atom stereocenters. The molecule has 5 aromatic rings. The number of hydrogen-bond donors (Lipinski definition) is 0. The smallest absolute Gasteiger partial charge is 0.118 e. The average Bonchev–Trinajstić information content (AvgIpc) is 2.90. The van der Waals surface area contributed by atoms with Gasteiger partial charge in [0.2, 0.25) is 0 Å². The second kappa shape index (κ2) is 9.68. The highest BCUT2D eigenvalue weighted by Crippen LogP contribution is 2.36. The normalized spacial score (nSPS) is 11.4. The lowest BCUT2D eigenvalue weighted by molar-refractivity contribution is 0.415. The molecule has 0 spiro atoms. The van der Waals surface area contributed by atoms with Crippen molar-refractivity contribution >= 4 is 39.5 Å². The maximum absolute atomic E-state index is 5.27. The van der Waals surface area contributed by atoms with Crippen LogP contribution in [0.2, 0.25) is 0 Å². The van der Waals surface area contributed by atoms with Gasteiger partial charge in [0, 0.05) is 17.1 Å². The van der Waals surface area contributed by atoms with Gasteiger partial charge in [-0.1, -0.05) is 78.9 Å². The van der Waals surface area contributed by atoms with E-state index in [1.807, 2.05) is 12.1 Å². The first kappa shape index (κ1) is 21.5. The van der Waals surface area contributed by atoms with Crippen molar-refractivity contribution in [2.75, 3.05) is 12.0 Å². The van der Waals surface area contributed by atoms with E-state index in [0.717, 1.165) is 28.4 Å². The maximum atomic E-state index is 5.27. The lowest BCUT2D eigenvalue weighted by atomic mass is 10.0. The molecule has 0 amide bonds. The average molecular weight is 442 g/mol. The molecule has 2 nitrogen and oxygen atoms in total. The molecular weight excluding hydrogens is 414 g/mol. The van der Waals surface area contributed by atoms with Gasteiger partial charge >= 0.3 is 0 Å². The number of hydrogen-bond acceptors (Lipinski definition) is 2. The standard InChI is InChI=1S/C32H27NO/c1-24(22-25-12-20-32(34-2)21-13-25)26-14-17-30(18-15-26)33(29-10-4-3-5-11-29)31-19-16-27-8-6-7-9-28(27)23-31/h3-23H,1-2H3/b24-22-. The fourth-order valence-electron chi connectivity index (χ4n) is 4.25. The summed E-state index contributed by atoms with van der Waals surface area (Å²) in [6, 6.07) is 42.6. The lowest BCUT2D eigenvalue weighted by Gasteiger charge is -2.26. The molecule has 0 saturated heterocycles. The van der Waals surface area contributed by atoms with Crippen LogP contribution in [-0.2, 0) is 0 Å². The van der Waals surface area contributed by atoms with Gasteiger partial charge in [0.05, 0.1) is 7.11 Å². The quantitative estimate of drug-likeness (QED) is 0.244. The van der Waals surface area contributed by atoms with Gasteiger partial charge in [-0.2, -0.15) is 0 Å². The summed E-state index contributed by atoms with van der Waals surface area (Å²) < 4.78 is 5.27. The number of ether oxygens (including phenoxy) is 1. The summed E-state index contributed by atoms with van der Waals surface area (Å²) in [7, 11) is 1.69. The van der Waals surface area contributed by atoms with Crippen LogP contribution >= 0.6 is 0 Å². The molecule has 0 aliphatic rings. The summed E-state index contributed by atoms with van der Waals surface area (Å²) in [5.74, 6) is 0.869. The molecule has 0 aliphatic carbocycles. The Balaban J connectivity index is 1.50. The third kappa shape index (κ3) is 4.57. The number of anilines is 3. The Bertz CT molecular complexity index is 1420. The van der Waals surface area contributed by atoms with Crippen LogP contribution in [0.5, 0.6) is 5.75 Å². The van der Waals surface area contributed by atoms with E-state index in [1.54, 1.807) is 7.11 Å². The van der Waals surface area contributed by atoms with Gasteiger partial charge in [-0.3, -0.25) is 0 Å². The number of nitrogens with zero attached hydrogens (tertiary/aromatic N) is 1. The molecule has 0 saturated carbocycles. The molecule has 0 N–H and O–H groups in total. The zero-order valence-electron chi connectivity index (χ0n) is 19.5. The van der Waals surface area contributed by atoms with Crippen molar-refractivity contribution < 1.29 is 4.74 Å². The minimum Gasteiger partial charge on any atom is -0.497 e.